The lowest BCUT2D eigenvalue weighted by Crippen LogP contribution is -2.53. The average molecular weight is 439 g/mol. The van der Waals surface area contributed by atoms with Crippen LogP contribution < -0.4 is 0 Å². The summed E-state index contributed by atoms with van der Waals surface area (Å²) in [6.07, 6.45) is 1.18. The minimum atomic E-state index is -2.67. The van der Waals surface area contributed by atoms with Crippen LogP contribution in [0.4, 0.5) is 0 Å². The standard InChI is InChI=1S/C20H19ClO9/c1-27-16(23)12-9-10-7-5-6-8-11(10)14(13(17(24)28-2)18(25)29-3)20(21,15(12)22)19(26)30-4/h5-9,13-14H,1-4H3. The first-order valence-electron chi connectivity index (χ1n) is 8.55. The molecule has 0 aromatic heterocycles. The Labute approximate surface area is 176 Å². The van der Waals surface area contributed by atoms with Crippen molar-refractivity contribution in [2.75, 3.05) is 28.4 Å². The van der Waals surface area contributed by atoms with E-state index in [1.807, 2.05) is 0 Å². The molecule has 2 atom stereocenters. The van der Waals surface area contributed by atoms with Gasteiger partial charge < -0.3 is 18.9 Å². The summed E-state index contributed by atoms with van der Waals surface area (Å²) < 4.78 is 18.8. The second-order valence-electron chi connectivity index (χ2n) is 6.21. The molecule has 1 aromatic carbocycles. The summed E-state index contributed by atoms with van der Waals surface area (Å²) in [5, 5.41) is 0. The Bertz CT molecular complexity index is 920. The van der Waals surface area contributed by atoms with Crippen LogP contribution in [-0.2, 0) is 42.9 Å². The van der Waals surface area contributed by atoms with Gasteiger partial charge in [0.2, 0.25) is 10.7 Å². The molecule has 1 aromatic rings. The minimum absolute atomic E-state index is 0.158. The fourth-order valence-corrected chi connectivity index (χ4v) is 3.78. The van der Waals surface area contributed by atoms with Gasteiger partial charge in [0.05, 0.1) is 28.4 Å². The molecule has 0 heterocycles. The maximum absolute atomic E-state index is 13.4. The van der Waals surface area contributed by atoms with E-state index in [-0.39, 0.29) is 11.1 Å². The Kier molecular flexibility index (Phi) is 6.99. The fourth-order valence-electron chi connectivity index (χ4n) is 3.36. The SMILES string of the molecule is COC(=O)C1=Cc2ccccc2C(C(C(=O)OC)C(=O)OC)C(Cl)(C(=O)OC)C1=O. The van der Waals surface area contributed by atoms with Crippen molar-refractivity contribution in [3.63, 3.8) is 0 Å². The van der Waals surface area contributed by atoms with Crippen LogP contribution in [0.25, 0.3) is 6.08 Å². The number of fused-ring (bicyclic) bond motifs is 1. The Balaban J connectivity index is 2.96. The molecule has 0 fully saturated rings. The molecule has 1 aliphatic rings. The Morgan fingerprint density at radius 3 is 2.00 bits per heavy atom. The molecule has 0 bridgehead atoms. The highest BCUT2D eigenvalue weighted by Gasteiger charge is 2.61. The molecule has 9 nitrogen and oxygen atoms in total. The molecule has 2 rings (SSSR count). The lowest BCUT2D eigenvalue weighted by Gasteiger charge is -2.34. The third-order valence-corrected chi connectivity index (χ3v) is 5.33. The molecule has 0 saturated carbocycles. The second-order valence-corrected chi connectivity index (χ2v) is 6.81. The topological polar surface area (TPSA) is 122 Å². The first kappa shape index (κ1) is 23.1. The van der Waals surface area contributed by atoms with Crippen LogP contribution >= 0.6 is 11.6 Å². The number of esters is 4. The van der Waals surface area contributed by atoms with E-state index in [4.69, 9.17) is 25.8 Å². The van der Waals surface area contributed by atoms with Crippen LogP contribution in [0, 0.1) is 5.92 Å². The number of benzene rings is 1. The smallest absolute Gasteiger partial charge is 0.341 e. The predicted molar refractivity (Wildman–Crippen MR) is 102 cm³/mol. The molecule has 0 saturated heterocycles. The lowest BCUT2D eigenvalue weighted by molar-refractivity contribution is -0.161. The summed E-state index contributed by atoms with van der Waals surface area (Å²) in [5.41, 5.74) is -0.132. The molecule has 10 heteroatoms. The number of hydrogen-bond acceptors (Lipinski definition) is 9. The number of methoxy groups -OCH3 is 4. The van der Waals surface area contributed by atoms with Gasteiger partial charge in [0.1, 0.15) is 5.57 Å². The summed E-state index contributed by atoms with van der Waals surface area (Å²) >= 11 is 6.58. The van der Waals surface area contributed by atoms with E-state index in [0.29, 0.717) is 0 Å². The van der Waals surface area contributed by atoms with E-state index in [1.54, 1.807) is 12.1 Å². The van der Waals surface area contributed by atoms with Crippen molar-refractivity contribution < 1.29 is 42.9 Å². The Morgan fingerprint density at radius 1 is 0.933 bits per heavy atom. The van der Waals surface area contributed by atoms with Crippen molar-refractivity contribution in [3.05, 3.63) is 41.0 Å². The number of carbonyl (C=O) groups excluding carboxylic acids is 5. The largest absolute Gasteiger partial charge is 0.468 e. The molecule has 2 unspecified atom stereocenters. The zero-order chi connectivity index (χ0) is 22.6. The Hall–Kier alpha value is -3.20. The minimum Gasteiger partial charge on any atom is -0.468 e. The van der Waals surface area contributed by atoms with Gasteiger partial charge in [-0.05, 0) is 17.2 Å². The third-order valence-electron chi connectivity index (χ3n) is 4.77. The van der Waals surface area contributed by atoms with E-state index < -0.39 is 51.9 Å². The first-order chi connectivity index (χ1) is 14.2. The summed E-state index contributed by atoms with van der Waals surface area (Å²) in [7, 11) is 4.06. The van der Waals surface area contributed by atoms with E-state index >= 15 is 0 Å². The normalized spacial score (nSPS) is 20.4. The van der Waals surface area contributed by atoms with E-state index in [1.165, 1.54) is 18.2 Å². The second kappa shape index (κ2) is 9.08. The zero-order valence-corrected chi connectivity index (χ0v) is 17.3. The molecule has 30 heavy (non-hydrogen) atoms. The van der Waals surface area contributed by atoms with E-state index in [0.717, 1.165) is 28.4 Å². The van der Waals surface area contributed by atoms with Crippen molar-refractivity contribution >= 4 is 47.3 Å². The van der Waals surface area contributed by atoms with Crippen LogP contribution in [0.2, 0.25) is 0 Å². The fraction of sp³-hybridized carbons (Fsp3) is 0.350. The van der Waals surface area contributed by atoms with Gasteiger partial charge in [-0.3, -0.25) is 14.4 Å². The number of halogens is 1. The molecule has 0 aliphatic heterocycles. The van der Waals surface area contributed by atoms with Crippen LogP contribution in [0.5, 0.6) is 0 Å². The average Bonchev–Trinajstić information content (AvgIpc) is 2.86. The van der Waals surface area contributed by atoms with Crippen LogP contribution in [0.3, 0.4) is 0 Å². The van der Waals surface area contributed by atoms with Gasteiger partial charge in [-0.2, -0.15) is 0 Å². The summed E-state index contributed by atoms with van der Waals surface area (Å²) in [4.78, 5) is 60.9. The van der Waals surface area contributed by atoms with Gasteiger partial charge in [0, 0.05) is 5.92 Å². The highest BCUT2D eigenvalue weighted by atomic mass is 35.5. The number of alkyl halides is 1. The van der Waals surface area contributed by atoms with Crippen LogP contribution in [0.15, 0.2) is 29.8 Å². The number of hydrogen-bond donors (Lipinski definition) is 0. The third kappa shape index (κ3) is 3.68. The van der Waals surface area contributed by atoms with Crippen molar-refractivity contribution in [1.29, 1.82) is 0 Å². The van der Waals surface area contributed by atoms with Gasteiger partial charge in [0.15, 0.2) is 5.92 Å². The molecule has 0 N–H and O–H groups in total. The van der Waals surface area contributed by atoms with Crippen molar-refractivity contribution in [2.45, 2.75) is 10.8 Å². The lowest BCUT2D eigenvalue weighted by atomic mass is 9.73. The number of ketones is 1. The number of carbonyl (C=O) groups is 5. The van der Waals surface area contributed by atoms with Gasteiger partial charge in [-0.15, -0.1) is 0 Å². The molecular weight excluding hydrogens is 420 g/mol. The summed E-state index contributed by atoms with van der Waals surface area (Å²) in [6, 6.07) is 6.12. The zero-order valence-electron chi connectivity index (χ0n) is 16.6. The van der Waals surface area contributed by atoms with Crippen molar-refractivity contribution in [1.82, 2.24) is 0 Å². The molecule has 0 radical (unpaired) electrons. The number of Topliss-reactive ketones (excluding diaryl/α,β-unsaturated/α-hetero) is 1. The highest BCUT2D eigenvalue weighted by molar-refractivity contribution is 6.52. The molecule has 1 aliphatic carbocycles. The maximum Gasteiger partial charge on any atom is 0.341 e. The molecule has 0 spiro atoms. The maximum atomic E-state index is 13.4. The van der Waals surface area contributed by atoms with Crippen molar-refractivity contribution in [2.24, 2.45) is 5.92 Å². The molecule has 160 valence electrons. The van der Waals surface area contributed by atoms with Crippen molar-refractivity contribution in [3.8, 4) is 0 Å². The predicted octanol–water partition coefficient (Wildman–Crippen LogP) is 1.02. The van der Waals surface area contributed by atoms with E-state index in [9.17, 15) is 24.0 Å². The first-order valence-corrected chi connectivity index (χ1v) is 8.93. The van der Waals surface area contributed by atoms with E-state index in [2.05, 4.69) is 4.74 Å². The quantitative estimate of drug-likeness (QED) is 0.218. The highest BCUT2D eigenvalue weighted by Crippen LogP contribution is 2.47. The molecule has 0 amide bonds. The summed E-state index contributed by atoms with van der Waals surface area (Å²) in [5.74, 6) is -9.14. The van der Waals surface area contributed by atoms with Crippen LogP contribution in [-0.4, -0.2) is 63.0 Å². The Morgan fingerprint density at radius 2 is 1.50 bits per heavy atom. The van der Waals surface area contributed by atoms with Gasteiger partial charge in [0.25, 0.3) is 0 Å². The van der Waals surface area contributed by atoms with Gasteiger partial charge in [-0.1, -0.05) is 35.9 Å². The number of ether oxygens (including phenoxy) is 4. The number of rotatable bonds is 5. The monoisotopic (exact) mass is 438 g/mol. The van der Waals surface area contributed by atoms with Crippen LogP contribution in [0.1, 0.15) is 17.0 Å². The molecular formula is C20H19ClO9. The van der Waals surface area contributed by atoms with Gasteiger partial charge >= 0.3 is 23.9 Å². The van der Waals surface area contributed by atoms with Gasteiger partial charge in [-0.25, -0.2) is 9.59 Å². The summed E-state index contributed by atoms with van der Waals surface area (Å²) in [6.45, 7) is 0.